The van der Waals surface area contributed by atoms with Crippen LogP contribution in [-0.4, -0.2) is 59.1 Å². The molecular weight excluding hydrogens is 230 g/mol. The molecule has 0 radical (unpaired) electrons. The fourth-order valence-electron chi connectivity index (χ4n) is 2.32. The maximum absolute atomic E-state index is 5.54. The lowest BCUT2D eigenvalue weighted by Gasteiger charge is -2.35. The molecule has 1 fully saturated rings. The summed E-state index contributed by atoms with van der Waals surface area (Å²) in [6.45, 7) is 8.58. The van der Waals surface area contributed by atoms with E-state index in [1.807, 2.05) is 11.7 Å². The summed E-state index contributed by atoms with van der Waals surface area (Å²) in [7, 11) is 1.98. The smallest absolute Gasteiger partial charge is 0.141 e. The molecular formula is C12H23N5O. The molecule has 1 atom stereocenters. The molecule has 6 nitrogen and oxygen atoms in total. The van der Waals surface area contributed by atoms with E-state index in [-0.39, 0.29) is 0 Å². The van der Waals surface area contributed by atoms with Crippen LogP contribution in [0.15, 0.2) is 6.33 Å². The Bertz CT molecular complexity index is 363. The van der Waals surface area contributed by atoms with Crippen molar-refractivity contribution in [2.75, 3.05) is 33.4 Å². The van der Waals surface area contributed by atoms with Crippen LogP contribution in [0.1, 0.15) is 25.7 Å². The first kappa shape index (κ1) is 13.5. The summed E-state index contributed by atoms with van der Waals surface area (Å²) in [5, 5.41) is 7.50. The van der Waals surface area contributed by atoms with E-state index in [9.17, 15) is 0 Å². The quantitative estimate of drug-likeness (QED) is 0.817. The fourth-order valence-corrected chi connectivity index (χ4v) is 2.32. The van der Waals surface area contributed by atoms with Gasteiger partial charge < -0.3 is 10.1 Å². The summed E-state index contributed by atoms with van der Waals surface area (Å²) >= 11 is 0. The molecule has 1 aromatic heterocycles. The van der Waals surface area contributed by atoms with Crippen molar-refractivity contribution in [2.45, 2.75) is 32.5 Å². The van der Waals surface area contributed by atoms with Gasteiger partial charge in [-0.2, -0.15) is 5.10 Å². The van der Waals surface area contributed by atoms with E-state index < -0.39 is 0 Å². The zero-order valence-corrected chi connectivity index (χ0v) is 11.5. The van der Waals surface area contributed by atoms with Crippen LogP contribution in [0.5, 0.6) is 0 Å². The highest BCUT2D eigenvalue weighted by Crippen LogP contribution is 2.13. The number of likely N-dealkylation sites (N-methyl/N-ethyl adjacent to an activating group) is 1. The molecule has 0 bridgehead atoms. The number of nitrogens with zero attached hydrogens (tertiary/aromatic N) is 4. The zero-order valence-electron chi connectivity index (χ0n) is 11.5. The van der Waals surface area contributed by atoms with Gasteiger partial charge in [0.05, 0.1) is 19.8 Å². The number of hydrogen-bond donors (Lipinski definition) is 1. The van der Waals surface area contributed by atoms with Gasteiger partial charge in [-0.15, -0.1) is 0 Å². The third kappa shape index (κ3) is 3.07. The van der Waals surface area contributed by atoms with E-state index in [2.05, 4.69) is 34.1 Å². The Kier molecular flexibility index (Phi) is 4.68. The van der Waals surface area contributed by atoms with E-state index in [4.69, 9.17) is 4.74 Å². The van der Waals surface area contributed by atoms with E-state index in [1.54, 1.807) is 6.33 Å². The van der Waals surface area contributed by atoms with E-state index in [1.165, 1.54) is 0 Å². The number of morpholine rings is 1. The Morgan fingerprint density at radius 2 is 2.39 bits per heavy atom. The summed E-state index contributed by atoms with van der Waals surface area (Å²) < 4.78 is 7.53. The Morgan fingerprint density at radius 3 is 3.11 bits per heavy atom. The first-order valence-electron chi connectivity index (χ1n) is 6.57. The lowest BCUT2D eigenvalue weighted by molar-refractivity contribution is -0.0121. The number of aromatic nitrogens is 3. The predicted molar refractivity (Wildman–Crippen MR) is 69.4 cm³/mol. The molecule has 1 aliphatic rings. The largest absolute Gasteiger partial charge is 0.378 e. The van der Waals surface area contributed by atoms with Crippen molar-refractivity contribution in [1.82, 2.24) is 25.0 Å². The van der Waals surface area contributed by atoms with Gasteiger partial charge in [-0.25, -0.2) is 9.67 Å². The number of hydrogen-bond acceptors (Lipinski definition) is 5. The molecule has 2 heterocycles. The molecule has 1 aliphatic heterocycles. The number of ether oxygens (including phenoxy) is 1. The molecule has 18 heavy (non-hydrogen) atoms. The monoisotopic (exact) mass is 253 g/mol. The van der Waals surface area contributed by atoms with Gasteiger partial charge >= 0.3 is 0 Å². The third-order valence-electron chi connectivity index (χ3n) is 3.27. The molecule has 6 heteroatoms. The molecule has 2 rings (SSSR count). The number of nitrogens with one attached hydrogen (secondary N) is 1. The second kappa shape index (κ2) is 6.26. The van der Waals surface area contributed by atoms with Crippen LogP contribution in [0.3, 0.4) is 0 Å². The lowest BCUT2D eigenvalue weighted by Crippen LogP contribution is -2.49. The van der Waals surface area contributed by atoms with Gasteiger partial charge in [-0.1, -0.05) is 0 Å². The maximum atomic E-state index is 5.54. The summed E-state index contributed by atoms with van der Waals surface area (Å²) in [4.78, 5) is 6.79. The SMILES string of the molecule is CNCC1COCCN1Cc1ncnn1C(C)C. The first-order valence-corrected chi connectivity index (χ1v) is 6.57. The highest BCUT2D eigenvalue weighted by atomic mass is 16.5. The Balaban J connectivity index is 2.03. The lowest BCUT2D eigenvalue weighted by atomic mass is 10.2. The molecule has 0 amide bonds. The summed E-state index contributed by atoms with van der Waals surface area (Å²) in [6, 6.07) is 0.771. The van der Waals surface area contributed by atoms with Crippen molar-refractivity contribution in [3.63, 3.8) is 0 Å². The van der Waals surface area contributed by atoms with Gasteiger partial charge in [0, 0.05) is 25.2 Å². The Morgan fingerprint density at radius 1 is 1.56 bits per heavy atom. The van der Waals surface area contributed by atoms with Crippen LogP contribution in [-0.2, 0) is 11.3 Å². The summed E-state index contributed by atoms with van der Waals surface area (Å²) in [5.74, 6) is 1.04. The molecule has 1 aromatic rings. The second-order valence-electron chi connectivity index (χ2n) is 4.97. The molecule has 1 N–H and O–H groups in total. The van der Waals surface area contributed by atoms with E-state index in [0.717, 1.165) is 38.7 Å². The Hall–Kier alpha value is -0.980. The first-order chi connectivity index (χ1) is 8.72. The Labute approximate surface area is 108 Å². The predicted octanol–water partition coefficient (Wildman–Crippen LogP) is 0.279. The average molecular weight is 253 g/mol. The van der Waals surface area contributed by atoms with Crippen LogP contribution in [0.2, 0.25) is 0 Å². The van der Waals surface area contributed by atoms with Crippen molar-refractivity contribution in [2.24, 2.45) is 0 Å². The molecule has 1 unspecified atom stereocenters. The minimum absolute atomic E-state index is 0.353. The molecule has 0 aliphatic carbocycles. The van der Waals surface area contributed by atoms with Gasteiger partial charge in [0.25, 0.3) is 0 Å². The summed E-state index contributed by atoms with van der Waals surface area (Å²) in [6.07, 6.45) is 1.64. The van der Waals surface area contributed by atoms with Crippen molar-refractivity contribution in [1.29, 1.82) is 0 Å². The van der Waals surface area contributed by atoms with Gasteiger partial charge in [0.2, 0.25) is 0 Å². The van der Waals surface area contributed by atoms with Gasteiger partial charge in [0.1, 0.15) is 12.2 Å². The average Bonchev–Trinajstić information content (AvgIpc) is 2.80. The number of rotatable bonds is 5. The van der Waals surface area contributed by atoms with Gasteiger partial charge in [0.15, 0.2) is 0 Å². The molecule has 0 aromatic carbocycles. The van der Waals surface area contributed by atoms with E-state index >= 15 is 0 Å². The zero-order chi connectivity index (χ0) is 13.0. The van der Waals surface area contributed by atoms with Gasteiger partial charge in [-0.3, -0.25) is 4.90 Å². The van der Waals surface area contributed by atoms with Crippen LogP contribution in [0.4, 0.5) is 0 Å². The molecule has 1 saturated heterocycles. The van der Waals surface area contributed by atoms with Crippen molar-refractivity contribution in [3.05, 3.63) is 12.2 Å². The van der Waals surface area contributed by atoms with Crippen LogP contribution >= 0.6 is 0 Å². The van der Waals surface area contributed by atoms with Crippen molar-refractivity contribution in [3.8, 4) is 0 Å². The third-order valence-corrected chi connectivity index (χ3v) is 3.27. The highest BCUT2D eigenvalue weighted by molar-refractivity contribution is 4.89. The molecule has 102 valence electrons. The maximum Gasteiger partial charge on any atom is 0.141 e. The minimum Gasteiger partial charge on any atom is -0.378 e. The standard InChI is InChI=1S/C12H23N5O/c1-10(2)17-12(14-9-15-17)7-16-4-5-18-8-11(16)6-13-3/h9-11,13H,4-8H2,1-3H3. The summed E-state index contributed by atoms with van der Waals surface area (Å²) in [5.41, 5.74) is 0. The topological polar surface area (TPSA) is 55.2 Å². The molecule has 0 saturated carbocycles. The van der Waals surface area contributed by atoms with Crippen molar-refractivity contribution < 1.29 is 4.74 Å². The van der Waals surface area contributed by atoms with E-state index in [0.29, 0.717) is 12.1 Å². The van der Waals surface area contributed by atoms with Crippen LogP contribution < -0.4 is 5.32 Å². The van der Waals surface area contributed by atoms with Crippen LogP contribution in [0, 0.1) is 0 Å². The van der Waals surface area contributed by atoms with Crippen molar-refractivity contribution >= 4 is 0 Å². The highest BCUT2D eigenvalue weighted by Gasteiger charge is 2.24. The fraction of sp³-hybridized carbons (Fsp3) is 0.833. The van der Waals surface area contributed by atoms with Crippen LogP contribution in [0.25, 0.3) is 0 Å². The van der Waals surface area contributed by atoms with Gasteiger partial charge in [-0.05, 0) is 20.9 Å². The molecule has 0 spiro atoms. The second-order valence-corrected chi connectivity index (χ2v) is 4.97. The minimum atomic E-state index is 0.353. The normalized spacial score (nSPS) is 21.7.